The molecule has 0 unspecified atom stereocenters. The molecule has 2 heterocycles. The first kappa shape index (κ1) is 11.9. The zero-order chi connectivity index (χ0) is 13.2. The Morgan fingerprint density at radius 3 is 2.89 bits per heavy atom. The molecule has 2 N–H and O–H groups in total. The maximum Gasteiger partial charge on any atom is 0.277 e. The molecular weight excluding hydrogens is 308 g/mol. The van der Waals surface area contributed by atoms with Crippen LogP contribution in [0.2, 0.25) is 0 Å². The second-order valence-corrected chi connectivity index (χ2v) is 4.76. The molecule has 2 aromatic heterocycles. The van der Waals surface area contributed by atoms with Crippen LogP contribution in [0.25, 0.3) is 10.9 Å². The molecule has 94 valence electrons. The number of carbonyl (C=O) groups excluding carboxylic acids is 1. The van der Waals surface area contributed by atoms with Crippen LogP contribution in [0.15, 0.2) is 47.1 Å². The van der Waals surface area contributed by atoms with E-state index in [4.69, 9.17) is 0 Å². The number of para-hydroxylation sites is 1. The minimum absolute atomic E-state index is 0.295. The molecule has 0 fully saturated rings. The predicted molar refractivity (Wildman–Crippen MR) is 76.0 cm³/mol. The molecule has 0 aliphatic carbocycles. The number of rotatable bonds is 2. The average molecular weight is 317 g/mol. The minimum Gasteiger partial charge on any atom is -0.304 e. The van der Waals surface area contributed by atoms with Crippen molar-refractivity contribution in [2.24, 2.45) is 0 Å². The molecular formula is C13H9BrN4O. The molecule has 0 radical (unpaired) electrons. The summed E-state index contributed by atoms with van der Waals surface area (Å²) in [6.45, 7) is 0. The van der Waals surface area contributed by atoms with Gasteiger partial charge in [-0.3, -0.25) is 9.89 Å². The van der Waals surface area contributed by atoms with E-state index in [1.807, 2.05) is 30.3 Å². The van der Waals surface area contributed by atoms with Gasteiger partial charge in [0.05, 0.1) is 9.99 Å². The van der Waals surface area contributed by atoms with Crippen molar-refractivity contribution >= 4 is 38.6 Å². The van der Waals surface area contributed by atoms with E-state index >= 15 is 0 Å². The average Bonchev–Trinajstić information content (AvgIpc) is 2.85. The normalized spacial score (nSPS) is 10.6. The smallest absolute Gasteiger partial charge is 0.277 e. The second-order valence-electron chi connectivity index (χ2n) is 3.91. The van der Waals surface area contributed by atoms with Crippen LogP contribution in [-0.2, 0) is 0 Å². The number of amides is 1. The zero-order valence-electron chi connectivity index (χ0n) is 9.72. The van der Waals surface area contributed by atoms with E-state index in [1.54, 1.807) is 12.3 Å². The molecule has 1 aromatic carbocycles. The number of nitrogens with zero attached hydrogens (tertiary/aromatic N) is 2. The number of hydrogen-bond acceptors (Lipinski definition) is 3. The van der Waals surface area contributed by atoms with E-state index < -0.39 is 0 Å². The topological polar surface area (TPSA) is 70.7 Å². The molecule has 0 saturated heterocycles. The summed E-state index contributed by atoms with van der Waals surface area (Å²) in [6, 6.07) is 11.1. The molecule has 19 heavy (non-hydrogen) atoms. The maximum atomic E-state index is 12.2. The van der Waals surface area contributed by atoms with E-state index in [-0.39, 0.29) is 5.91 Å². The van der Waals surface area contributed by atoms with Gasteiger partial charge in [0.2, 0.25) is 0 Å². The quantitative estimate of drug-likeness (QED) is 0.763. The number of pyridine rings is 1. The number of nitrogens with one attached hydrogen (secondary N) is 2. The molecule has 0 saturated carbocycles. The fourth-order valence-corrected chi connectivity index (χ4v) is 2.14. The van der Waals surface area contributed by atoms with Gasteiger partial charge < -0.3 is 5.32 Å². The van der Waals surface area contributed by atoms with Crippen LogP contribution in [0.1, 0.15) is 10.5 Å². The lowest BCUT2D eigenvalue weighted by Crippen LogP contribution is -2.14. The molecule has 0 bridgehead atoms. The third-order valence-electron chi connectivity index (χ3n) is 2.68. The number of carbonyl (C=O) groups is 1. The predicted octanol–water partition coefficient (Wildman–Crippen LogP) is 2.97. The highest BCUT2D eigenvalue weighted by molar-refractivity contribution is 9.10. The fraction of sp³-hybridized carbons (Fsp3) is 0. The fourth-order valence-electron chi connectivity index (χ4n) is 1.78. The van der Waals surface area contributed by atoms with Gasteiger partial charge in [0.15, 0.2) is 5.69 Å². The second kappa shape index (κ2) is 4.81. The molecule has 5 nitrogen and oxygen atoms in total. The lowest BCUT2D eigenvalue weighted by atomic mass is 10.2. The molecule has 1 amide bonds. The van der Waals surface area contributed by atoms with Crippen molar-refractivity contribution in [2.75, 3.05) is 5.32 Å². The van der Waals surface area contributed by atoms with Crippen LogP contribution in [0, 0.1) is 0 Å². The van der Waals surface area contributed by atoms with Gasteiger partial charge in [-0.15, -0.1) is 0 Å². The first-order valence-electron chi connectivity index (χ1n) is 5.60. The summed E-state index contributed by atoms with van der Waals surface area (Å²) in [6.07, 6.45) is 1.61. The van der Waals surface area contributed by atoms with Crippen LogP contribution >= 0.6 is 15.9 Å². The number of benzene rings is 1. The third kappa shape index (κ3) is 2.22. The summed E-state index contributed by atoms with van der Waals surface area (Å²) in [5.41, 5.74) is 1.18. The van der Waals surface area contributed by atoms with E-state index in [1.165, 1.54) is 0 Å². The Bertz CT molecular complexity index is 753. The lowest BCUT2D eigenvalue weighted by Gasteiger charge is -2.04. The van der Waals surface area contributed by atoms with Crippen molar-refractivity contribution < 1.29 is 4.79 Å². The van der Waals surface area contributed by atoms with Crippen LogP contribution in [0.5, 0.6) is 0 Å². The molecule has 0 spiro atoms. The van der Waals surface area contributed by atoms with Gasteiger partial charge in [0, 0.05) is 11.6 Å². The molecule has 0 aliphatic rings. The number of halogens is 1. The van der Waals surface area contributed by atoms with Gasteiger partial charge in [-0.1, -0.05) is 18.2 Å². The maximum absolute atomic E-state index is 12.2. The largest absolute Gasteiger partial charge is 0.304 e. The van der Waals surface area contributed by atoms with Crippen molar-refractivity contribution in [1.29, 1.82) is 0 Å². The Labute approximate surface area is 117 Å². The van der Waals surface area contributed by atoms with Crippen LogP contribution < -0.4 is 5.32 Å². The Kier molecular flexibility index (Phi) is 3.00. The van der Waals surface area contributed by atoms with Crippen molar-refractivity contribution in [2.45, 2.75) is 0 Å². The highest BCUT2D eigenvalue weighted by Crippen LogP contribution is 2.20. The van der Waals surface area contributed by atoms with Gasteiger partial charge >= 0.3 is 0 Å². The zero-order valence-corrected chi connectivity index (χ0v) is 11.3. The van der Waals surface area contributed by atoms with E-state index in [2.05, 4.69) is 36.4 Å². The van der Waals surface area contributed by atoms with Crippen molar-refractivity contribution in [3.8, 4) is 0 Å². The highest BCUT2D eigenvalue weighted by Gasteiger charge is 2.15. The standard InChI is InChI=1S/C13H9BrN4O/c14-9-5-3-7-15-12(9)16-13(19)11-8-4-1-2-6-10(8)17-18-11/h1-7H,(H,17,18)(H,15,16,19). The number of aromatic nitrogens is 3. The Morgan fingerprint density at radius 1 is 1.21 bits per heavy atom. The molecule has 6 heteroatoms. The van der Waals surface area contributed by atoms with Crippen molar-refractivity contribution in [1.82, 2.24) is 15.2 Å². The molecule has 3 aromatic rings. The summed E-state index contributed by atoms with van der Waals surface area (Å²) in [7, 11) is 0. The summed E-state index contributed by atoms with van der Waals surface area (Å²) in [5.74, 6) is 0.177. The number of anilines is 1. The van der Waals surface area contributed by atoms with Crippen LogP contribution in [-0.4, -0.2) is 21.1 Å². The SMILES string of the molecule is O=C(Nc1ncccc1Br)c1n[nH]c2ccccc12. The Hall–Kier alpha value is -2.21. The van der Waals surface area contributed by atoms with Gasteiger partial charge in [-0.2, -0.15) is 5.10 Å². The number of fused-ring (bicyclic) bond motifs is 1. The first-order valence-corrected chi connectivity index (χ1v) is 6.40. The summed E-state index contributed by atoms with van der Waals surface area (Å²) >= 11 is 3.33. The molecule has 3 rings (SSSR count). The van der Waals surface area contributed by atoms with E-state index in [9.17, 15) is 4.79 Å². The van der Waals surface area contributed by atoms with Crippen LogP contribution in [0.4, 0.5) is 5.82 Å². The van der Waals surface area contributed by atoms with Gasteiger partial charge in [-0.05, 0) is 34.1 Å². The van der Waals surface area contributed by atoms with E-state index in [0.29, 0.717) is 11.5 Å². The van der Waals surface area contributed by atoms with Gasteiger partial charge in [-0.25, -0.2) is 4.98 Å². The molecule has 0 aliphatic heterocycles. The number of H-pyrrole nitrogens is 1. The van der Waals surface area contributed by atoms with Gasteiger partial charge in [0.1, 0.15) is 5.82 Å². The molecule has 0 atom stereocenters. The summed E-state index contributed by atoms with van der Waals surface area (Å²) in [4.78, 5) is 16.3. The van der Waals surface area contributed by atoms with E-state index in [0.717, 1.165) is 15.4 Å². The summed E-state index contributed by atoms with van der Waals surface area (Å²) < 4.78 is 0.725. The number of hydrogen-bond donors (Lipinski definition) is 2. The Morgan fingerprint density at radius 2 is 2.05 bits per heavy atom. The van der Waals surface area contributed by atoms with Gasteiger partial charge in [0.25, 0.3) is 5.91 Å². The summed E-state index contributed by atoms with van der Waals surface area (Å²) in [5, 5.41) is 10.4. The van der Waals surface area contributed by atoms with Crippen molar-refractivity contribution in [3.63, 3.8) is 0 Å². The third-order valence-corrected chi connectivity index (χ3v) is 3.32. The van der Waals surface area contributed by atoms with Crippen LogP contribution in [0.3, 0.4) is 0 Å². The Balaban J connectivity index is 1.95. The van der Waals surface area contributed by atoms with Crippen molar-refractivity contribution in [3.05, 3.63) is 52.8 Å². The highest BCUT2D eigenvalue weighted by atomic mass is 79.9. The minimum atomic E-state index is -0.295. The lowest BCUT2D eigenvalue weighted by molar-refractivity contribution is 0.102. The number of aromatic amines is 1. The monoisotopic (exact) mass is 316 g/mol. The first-order chi connectivity index (χ1) is 9.25.